The van der Waals surface area contributed by atoms with Crippen molar-refractivity contribution >= 4 is 21.9 Å². The highest BCUT2D eigenvalue weighted by molar-refractivity contribution is 9.10. The summed E-state index contributed by atoms with van der Waals surface area (Å²) in [5.41, 5.74) is 1.63. The molecule has 1 aromatic heterocycles. The van der Waals surface area contributed by atoms with E-state index in [-0.39, 0.29) is 18.1 Å². The molecule has 0 fully saturated rings. The van der Waals surface area contributed by atoms with Crippen molar-refractivity contribution in [3.05, 3.63) is 70.1 Å². The third kappa shape index (κ3) is 3.46. The second-order valence-electron chi connectivity index (χ2n) is 5.02. The molecule has 3 aromatic rings. The summed E-state index contributed by atoms with van der Waals surface area (Å²) in [5, 5.41) is 15.2. The van der Waals surface area contributed by atoms with Crippen molar-refractivity contribution in [1.29, 1.82) is 0 Å². The molecule has 0 aliphatic heterocycles. The molecule has 0 saturated heterocycles. The summed E-state index contributed by atoms with van der Waals surface area (Å²) < 4.78 is 20.3. The van der Waals surface area contributed by atoms with Crippen LogP contribution in [0.5, 0.6) is 5.75 Å². The lowest BCUT2D eigenvalue weighted by molar-refractivity contribution is 0.0690. The molecule has 0 unspecified atom stereocenters. The van der Waals surface area contributed by atoms with Crippen LogP contribution in [0.1, 0.15) is 16.1 Å². The number of halogens is 2. The predicted octanol–water partition coefficient (Wildman–Crippen LogP) is 4.26. The third-order valence-corrected chi connectivity index (χ3v) is 3.92. The van der Waals surface area contributed by atoms with E-state index in [9.17, 15) is 9.18 Å². The van der Waals surface area contributed by atoms with Gasteiger partial charge in [0.15, 0.2) is 11.6 Å². The fraction of sp³-hybridized carbons (Fsp3) is 0.0588. The topological polar surface area (TPSA) is 75.2 Å². The van der Waals surface area contributed by atoms with E-state index < -0.39 is 11.8 Å². The van der Waals surface area contributed by atoms with Gasteiger partial charge >= 0.3 is 5.97 Å². The Morgan fingerprint density at radius 1 is 1.25 bits per heavy atom. The number of nitrogens with zero attached hydrogens (tertiary/aromatic N) is 1. The second kappa shape index (κ2) is 6.84. The van der Waals surface area contributed by atoms with E-state index >= 15 is 0 Å². The number of carboxylic acids is 1. The van der Waals surface area contributed by atoms with Gasteiger partial charge < -0.3 is 9.84 Å². The van der Waals surface area contributed by atoms with Crippen LogP contribution in [0, 0.1) is 5.82 Å². The van der Waals surface area contributed by atoms with Crippen molar-refractivity contribution in [2.75, 3.05) is 0 Å². The zero-order valence-electron chi connectivity index (χ0n) is 12.3. The Morgan fingerprint density at radius 3 is 2.62 bits per heavy atom. The van der Waals surface area contributed by atoms with Crippen molar-refractivity contribution < 1.29 is 19.0 Å². The van der Waals surface area contributed by atoms with Gasteiger partial charge in [0.25, 0.3) is 0 Å². The highest BCUT2D eigenvalue weighted by Crippen LogP contribution is 2.33. The van der Waals surface area contributed by atoms with Crippen molar-refractivity contribution in [2.24, 2.45) is 0 Å². The van der Waals surface area contributed by atoms with Crippen LogP contribution < -0.4 is 4.74 Å². The van der Waals surface area contributed by atoms with Crippen molar-refractivity contribution in [3.8, 4) is 17.0 Å². The number of benzene rings is 2. The molecule has 0 spiro atoms. The molecule has 2 aromatic carbocycles. The summed E-state index contributed by atoms with van der Waals surface area (Å²) >= 11 is 3.29. The van der Waals surface area contributed by atoms with Gasteiger partial charge in [-0.2, -0.15) is 5.10 Å². The first-order chi connectivity index (χ1) is 11.5. The van der Waals surface area contributed by atoms with Gasteiger partial charge in [-0.15, -0.1) is 0 Å². The maximum atomic E-state index is 14.4. The number of aromatic nitrogens is 2. The number of ether oxygens (including phenoxy) is 1. The number of aromatic amines is 1. The molecule has 0 bridgehead atoms. The molecule has 3 rings (SSSR count). The zero-order valence-corrected chi connectivity index (χ0v) is 13.9. The van der Waals surface area contributed by atoms with Gasteiger partial charge in [-0.05, 0) is 39.7 Å². The van der Waals surface area contributed by atoms with Crippen LogP contribution in [-0.4, -0.2) is 21.3 Å². The van der Waals surface area contributed by atoms with E-state index in [0.717, 1.165) is 5.56 Å². The lowest BCUT2D eigenvalue weighted by Gasteiger charge is -2.10. The number of H-pyrrole nitrogens is 1. The van der Waals surface area contributed by atoms with Gasteiger partial charge in [-0.3, -0.25) is 5.10 Å². The molecule has 0 saturated carbocycles. The fourth-order valence-electron chi connectivity index (χ4n) is 2.15. The number of aromatic carboxylic acids is 1. The van der Waals surface area contributed by atoms with Gasteiger partial charge in [0.1, 0.15) is 12.3 Å². The van der Waals surface area contributed by atoms with Gasteiger partial charge in [0.2, 0.25) is 0 Å². The summed E-state index contributed by atoms with van der Waals surface area (Å²) in [7, 11) is 0. The summed E-state index contributed by atoms with van der Waals surface area (Å²) in [6.45, 7) is 0.237. The van der Waals surface area contributed by atoms with Crippen molar-refractivity contribution in [1.82, 2.24) is 10.2 Å². The normalized spacial score (nSPS) is 10.6. The van der Waals surface area contributed by atoms with Crippen molar-refractivity contribution in [2.45, 2.75) is 6.61 Å². The zero-order chi connectivity index (χ0) is 17.1. The molecule has 0 aliphatic rings. The molecular formula is C17H12BrFN2O3. The molecule has 1 heterocycles. The van der Waals surface area contributed by atoms with Gasteiger partial charge in [-0.1, -0.05) is 30.3 Å². The minimum absolute atomic E-state index is 0.0639. The predicted molar refractivity (Wildman–Crippen MR) is 89.4 cm³/mol. The van der Waals surface area contributed by atoms with Crippen LogP contribution in [0.25, 0.3) is 11.3 Å². The highest BCUT2D eigenvalue weighted by Gasteiger charge is 2.15. The second-order valence-corrected chi connectivity index (χ2v) is 5.87. The maximum Gasteiger partial charge on any atom is 0.353 e. The Kier molecular flexibility index (Phi) is 4.61. The Hall–Kier alpha value is -2.67. The Balaban J connectivity index is 1.84. The van der Waals surface area contributed by atoms with Gasteiger partial charge in [0.05, 0.1) is 10.2 Å². The van der Waals surface area contributed by atoms with Gasteiger partial charge in [-0.25, -0.2) is 9.18 Å². The molecule has 0 amide bonds. The third-order valence-electron chi connectivity index (χ3n) is 3.33. The number of hydrogen-bond acceptors (Lipinski definition) is 3. The maximum absolute atomic E-state index is 14.4. The number of carbonyl (C=O) groups is 1. The average Bonchev–Trinajstić information content (AvgIpc) is 3.05. The lowest BCUT2D eigenvalue weighted by atomic mass is 10.1. The summed E-state index contributed by atoms with van der Waals surface area (Å²) in [6, 6.07) is 13.7. The number of nitrogens with one attached hydrogen (secondary N) is 1. The van der Waals surface area contributed by atoms with E-state index in [1.54, 1.807) is 6.07 Å². The van der Waals surface area contributed by atoms with E-state index in [2.05, 4.69) is 26.1 Å². The Bertz CT molecular complexity index is 858. The van der Waals surface area contributed by atoms with Crippen LogP contribution in [0.4, 0.5) is 4.39 Å². The first-order valence-corrected chi connectivity index (χ1v) is 7.78. The van der Waals surface area contributed by atoms with Crippen molar-refractivity contribution in [3.63, 3.8) is 0 Å². The van der Waals surface area contributed by atoms with Crippen LogP contribution >= 0.6 is 15.9 Å². The number of carboxylic acid groups (broad SMARTS) is 1. The summed E-state index contributed by atoms with van der Waals surface area (Å²) in [5.74, 6) is -1.59. The largest absolute Gasteiger partial charge is 0.485 e. The first kappa shape index (κ1) is 16.2. The standard InChI is InChI=1S/C17H12BrFN2O3/c18-12-6-11(14-8-15(17(22)23)21-20-14)7-13(19)16(12)24-9-10-4-2-1-3-5-10/h1-8H,9H2,(H,20,21)(H,22,23). The number of rotatable bonds is 5. The molecule has 24 heavy (non-hydrogen) atoms. The monoisotopic (exact) mass is 390 g/mol. The minimum Gasteiger partial charge on any atom is -0.485 e. The van der Waals surface area contributed by atoms with E-state index in [4.69, 9.17) is 9.84 Å². The minimum atomic E-state index is -1.13. The smallest absolute Gasteiger partial charge is 0.353 e. The summed E-state index contributed by atoms with van der Waals surface area (Å²) in [6.07, 6.45) is 0. The van der Waals surface area contributed by atoms with Crippen LogP contribution in [0.15, 0.2) is 53.0 Å². The fourth-order valence-corrected chi connectivity index (χ4v) is 2.71. The molecule has 2 N–H and O–H groups in total. The highest BCUT2D eigenvalue weighted by atomic mass is 79.9. The van der Waals surface area contributed by atoms with E-state index in [0.29, 0.717) is 15.7 Å². The average molecular weight is 391 g/mol. The molecule has 0 aliphatic carbocycles. The van der Waals surface area contributed by atoms with E-state index in [1.165, 1.54) is 12.1 Å². The molecular weight excluding hydrogens is 379 g/mol. The number of hydrogen-bond donors (Lipinski definition) is 2. The molecule has 0 atom stereocenters. The summed E-state index contributed by atoms with van der Waals surface area (Å²) in [4.78, 5) is 10.9. The molecule has 0 radical (unpaired) electrons. The van der Waals surface area contributed by atoms with Crippen LogP contribution in [0.3, 0.4) is 0 Å². The molecule has 5 nitrogen and oxygen atoms in total. The van der Waals surface area contributed by atoms with E-state index in [1.807, 2.05) is 30.3 Å². The van der Waals surface area contributed by atoms with Crippen LogP contribution in [0.2, 0.25) is 0 Å². The molecule has 122 valence electrons. The Morgan fingerprint density at radius 2 is 2.00 bits per heavy atom. The molecule has 7 heteroatoms. The lowest BCUT2D eigenvalue weighted by Crippen LogP contribution is -1.98. The Labute approximate surface area is 145 Å². The SMILES string of the molecule is O=C(O)c1cc(-c2cc(F)c(OCc3ccccc3)c(Br)c2)n[nH]1. The quantitative estimate of drug-likeness (QED) is 0.682. The first-order valence-electron chi connectivity index (χ1n) is 6.99. The van der Waals surface area contributed by atoms with Gasteiger partial charge in [0, 0.05) is 5.56 Å². The van der Waals surface area contributed by atoms with Crippen LogP contribution in [-0.2, 0) is 6.61 Å².